The van der Waals surface area contributed by atoms with E-state index in [4.69, 9.17) is 9.52 Å². The van der Waals surface area contributed by atoms with Gasteiger partial charge in [-0.25, -0.2) is 4.79 Å². The molecular weight excluding hydrogens is 336 g/mol. The Morgan fingerprint density at radius 2 is 1.86 bits per heavy atom. The molecule has 2 aromatic carbocycles. The SMILES string of the molecule is O=C(O)c1ccc(-c2cc(=O)c3ccccc3o2)cc1Br. The predicted octanol–water partition coefficient (Wildman–Crippen LogP) is 3.92. The van der Waals surface area contributed by atoms with Crippen LogP contribution in [-0.2, 0) is 0 Å². The zero-order valence-electron chi connectivity index (χ0n) is 10.7. The van der Waals surface area contributed by atoms with Crippen molar-refractivity contribution in [3.63, 3.8) is 0 Å². The molecule has 1 heterocycles. The molecule has 0 aliphatic rings. The summed E-state index contributed by atoms with van der Waals surface area (Å²) >= 11 is 3.21. The second kappa shape index (κ2) is 5.18. The summed E-state index contributed by atoms with van der Waals surface area (Å²) < 4.78 is 6.15. The van der Waals surface area contributed by atoms with E-state index in [9.17, 15) is 9.59 Å². The third-order valence-electron chi connectivity index (χ3n) is 3.12. The topological polar surface area (TPSA) is 67.5 Å². The van der Waals surface area contributed by atoms with Crippen molar-refractivity contribution in [1.29, 1.82) is 0 Å². The fraction of sp³-hybridized carbons (Fsp3) is 0. The number of carbonyl (C=O) groups is 1. The van der Waals surface area contributed by atoms with Gasteiger partial charge in [0.05, 0.1) is 10.9 Å². The Morgan fingerprint density at radius 3 is 2.57 bits per heavy atom. The third-order valence-corrected chi connectivity index (χ3v) is 3.77. The van der Waals surface area contributed by atoms with Gasteiger partial charge in [-0.15, -0.1) is 0 Å². The second-order valence-electron chi connectivity index (χ2n) is 4.47. The summed E-state index contributed by atoms with van der Waals surface area (Å²) in [5.74, 6) is -0.621. The Balaban J connectivity index is 2.19. The van der Waals surface area contributed by atoms with Gasteiger partial charge in [-0.05, 0) is 40.2 Å². The fourth-order valence-electron chi connectivity index (χ4n) is 2.09. The number of carboxylic acid groups (broad SMARTS) is 1. The van der Waals surface area contributed by atoms with Crippen molar-refractivity contribution in [2.24, 2.45) is 0 Å². The highest BCUT2D eigenvalue weighted by molar-refractivity contribution is 9.10. The van der Waals surface area contributed by atoms with E-state index in [1.807, 2.05) is 0 Å². The summed E-state index contributed by atoms with van der Waals surface area (Å²) in [6, 6.07) is 13.1. The minimum absolute atomic E-state index is 0.134. The molecule has 0 unspecified atom stereocenters. The van der Waals surface area contributed by atoms with Gasteiger partial charge in [-0.2, -0.15) is 0 Å². The molecule has 3 rings (SSSR count). The lowest BCUT2D eigenvalue weighted by molar-refractivity contribution is 0.0696. The Labute approximate surface area is 127 Å². The van der Waals surface area contributed by atoms with Crippen molar-refractivity contribution in [3.05, 3.63) is 68.8 Å². The van der Waals surface area contributed by atoms with E-state index >= 15 is 0 Å². The van der Waals surface area contributed by atoms with Gasteiger partial charge in [0.1, 0.15) is 11.3 Å². The van der Waals surface area contributed by atoms with Gasteiger partial charge < -0.3 is 9.52 Å². The maximum Gasteiger partial charge on any atom is 0.336 e. The van der Waals surface area contributed by atoms with E-state index in [-0.39, 0.29) is 11.0 Å². The molecule has 1 aromatic heterocycles. The molecule has 0 amide bonds. The van der Waals surface area contributed by atoms with Gasteiger partial charge in [0.15, 0.2) is 5.43 Å². The first-order chi connectivity index (χ1) is 10.1. The number of hydrogen-bond donors (Lipinski definition) is 1. The summed E-state index contributed by atoms with van der Waals surface area (Å²) in [7, 11) is 0. The van der Waals surface area contributed by atoms with E-state index < -0.39 is 5.97 Å². The van der Waals surface area contributed by atoms with Crippen LogP contribution in [0.4, 0.5) is 0 Å². The van der Waals surface area contributed by atoms with Crippen LogP contribution >= 0.6 is 15.9 Å². The molecule has 3 aromatic rings. The quantitative estimate of drug-likeness (QED) is 0.764. The van der Waals surface area contributed by atoms with Crippen LogP contribution in [0.15, 0.2) is 62.2 Å². The van der Waals surface area contributed by atoms with E-state index in [0.717, 1.165) is 0 Å². The number of halogens is 1. The predicted molar refractivity (Wildman–Crippen MR) is 82.6 cm³/mol. The molecule has 1 N–H and O–H groups in total. The van der Waals surface area contributed by atoms with Crippen LogP contribution in [0.25, 0.3) is 22.3 Å². The van der Waals surface area contributed by atoms with Crippen molar-refractivity contribution in [2.45, 2.75) is 0 Å². The molecule has 0 bridgehead atoms. The second-order valence-corrected chi connectivity index (χ2v) is 5.33. The van der Waals surface area contributed by atoms with Crippen LogP contribution < -0.4 is 5.43 Å². The van der Waals surface area contributed by atoms with Crippen LogP contribution in [0.3, 0.4) is 0 Å². The Morgan fingerprint density at radius 1 is 1.10 bits per heavy atom. The van der Waals surface area contributed by atoms with E-state index in [2.05, 4.69) is 15.9 Å². The lowest BCUT2D eigenvalue weighted by atomic mass is 10.1. The molecule has 0 saturated carbocycles. The highest BCUT2D eigenvalue weighted by Crippen LogP contribution is 2.27. The highest BCUT2D eigenvalue weighted by atomic mass is 79.9. The van der Waals surface area contributed by atoms with Crippen molar-refractivity contribution in [1.82, 2.24) is 0 Å². The van der Waals surface area contributed by atoms with Crippen LogP contribution in [0.5, 0.6) is 0 Å². The molecular formula is C16H9BrO4. The summed E-state index contributed by atoms with van der Waals surface area (Å²) in [5.41, 5.74) is 1.15. The molecule has 0 aliphatic carbocycles. The zero-order chi connectivity index (χ0) is 15.0. The number of aromatic carboxylic acids is 1. The first kappa shape index (κ1) is 13.6. The minimum Gasteiger partial charge on any atom is -0.478 e. The van der Waals surface area contributed by atoms with Crippen LogP contribution in [-0.4, -0.2) is 11.1 Å². The van der Waals surface area contributed by atoms with Crippen molar-refractivity contribution in [2.75, 3.05) is 0 Å². The number of hydrogen-bond acceptors (Lipinski definition) is 3. The molecule has 21 heavy (non-hydrogen) atoms. The molecule has 104 valence electrons. The molecule has 0 fully saturated rings. The summed E-state index contributed by atoms with van der Waals surface area (Å²) in [4.78, 5) is 23.1. The van der Waals surface area contributed by atoms with E-state index in [0.29, 0.717) is 26.8 Å². The van der Waals surface area contributed by atoms with Crippen LogP contribution in [0, 0.1) is 0 Å². The third kappa shape index (κ3) is 2.48. The molecule has 0 radical (unpaired) electrons. The van der Waals surface area contributed by atoms with Gasteiger partial charge >= 0.3 is 5.97 Å². The maximum absolute atomic E-state index is 12.1. The fourth-order valence-corrected chi connectivity index (χ4v) is 2.64. The van der Waals surface area contributed by atoms with E-state index in [1.54, 1.807) is 36.4 Å². The Hall–Kier alpha value is -2.40. The lowest BCUT2D eigenvalue weighted by Crippen LogP contribution is -2.01. The first-order valence-corrected chi connectivity index (χ1v) is 6.91. The highest BCUT2D eigenvalue weighted by Gasteiger charge is 2.11. The standard InChI is InChI=1S/C16H9BrO4/c17-12-7-9(5-6-10(12)16(19)20)15-8-13(18)11-3-1-2-4-14(11)21-15/h1-8H,(H,19,20). The van der Waals surface area contributed by atoms with E-state index in [1.165, 1.54) is 12.1 Å². The number of fused-ring (bicyclic) bond motifs is 1. The molecule has 0 atom stereocenters. The summed E-state index contributed by atoms with van der Waals surface area (Å²) in [5, 5.41) is 9.53. The molecule has 0 saturated heterocycles. The van der Waals surface area contributed by atoms with Crippen molar-refractivity contribution in [3.8, 4) is 11.3 Å². The smallest absolute Gasteiger partial charge is 0.336 e. The average Bonchev–Trinajstić information content (AvgIpc) is 2.46. The van der Waals surface area contributed by atoms with Crippen molar-refractivity contribution >= 4 is 32.9 Å². The van der Waals surface area contributed by atoms with Crippen LogP contribution in [0.2, 0.25) is 0 Å². The number of rotatable bonds is 2. The maximum atomic E-state index is 12.1. The number of benzene rings is 2. The normalized spacial score (nSPS) is 10.7. The van der Waals surface area contributed by atoms with Crippen molar-refractivity contribution < 1.29 is 14.3 Å². The summed E-state index contributed by atoms with van der Waals surface area (Å²) in [6.45, 7) is 0. The van der Waals surface area contributed by atoms with Gasteiger partial charge in [0, 0.05) is 16.1 Å². The van der Waals surface area contributed by atoms with Gasteiger partial charge in [-0.3, -0.25) is 4.79 Å². The Kier molecular flexibility index (Phi) is 3.35. The molecule has 4 nitrogen and oxygen atoms in total. The van der Waals surface area contributed by atoms with Gasteiger partial charge in [-0.1, -0.05) is 18.2 Å². The average molecular weight is 345 g/mol. The monoisotopic (exact) mass is 344 g/mol. The largest absolute Gasteiger partial charge is 0.478 e. The summed E-state index contributed by atoms with van der Waals surface area (Å²) in [6.07, 6.45) is 0. The number of carboxylic acids is 1. The molecule has 0 spiro atoms. The van der Waals surface area contributed by atoms with Gasteiger partial charge in [0.2, 0.25) is 0 Å². The van der Waals surface area contributed by atoms with Gasteiger partial charge in [0.25, 0.3) is 0 Å². The number of para-hydroxylation sites is 1. The van der Waals surface area contributed by atoms with Crippen LogP contribution in [0.1, 0.15) is 10.4 Å². The zero-order valence-corrected chi connectivity index (χ0v) is 12.3. The minimum atomic E-state index is -1.02. The Bertz CT molecular complexity index is 912. The lowest BCUT2D eigenvalue weighted by Gasteiger charge is -2.05. The molecule has 0 aliphatic heterocycles. The molecule has 5 heteroatoms. The first-order valence-electron chi connectivity index (χ1n) is 6.12.